The number of rotatable bonds is 7. The Morgan fingerprint density at radius 3 is 2.52 bits per heavy atom. The van der Waals surface area contributed by atoms with Gasteiger partial charge in [-0.3, -0.25) is 4.79 Å². The Balaban J connectivity index is 2.03. The van der Waals surface area contributed by atoms with E-state index in [1.54, 1.807) is 6.08 Å². The van der Waals surface area contributed by atoms with Crippen LogP contribution in [0.2, 0.25) is 0 Å². The van der Waals surface area contributed by atoms with Gasteiger partial charge in [0, 0.05) is 12.2 Å². The van der Waals surface area contributed by atoms with Gasteiger partial charge in [0.15, 0.2) is 0 Å². The lowest BCUT2D eigenvalue weighted by Crippen LogP contribution is -2.57. The maximum Gasteiger partial charge on any atom is 0.258 e. The Morgan fingerprint density at radius 2 is 1.89 bits per heavy atom. The quantitative estimate of drug-likeness (QED) is 0.688. The van der Waals surface area contributed by atoms with E-state index in [1.807, 2.05) is 53.4 Å². The van der Waals surface area contributed by atoms with Crippen molar-refractivity contribution in [2.45, 2.75) is 45.4 Å². The molecule has 0 saturated carbocycles. The number of para-hydroxylation sites is 1. The molecule has 2 atom stereocenters. The van der Waals surface area contributed by atoms with Crippen LogP contribution in [0.1, 0.15) is 49.5 Å². The summed E-state index contributed by atoms with van der Waals surface area (Å²) in [4.78, 5) is 15.1. The highest BCUT2D eigenvalue weighted by Crippen LogP contribution is 2.40. The number of ether oxygens (including phenoxy) is 1. The molecule has 0 bridgehead atoms. The zero-order chi connectivity index (χ0) is 19.4. The Kier molecular flexibility index (Phi) is 5.54. The predicted octanol–water partition coefficient (Wildman–Crippen LogP) is 5.18. The number of amides is 1. The number of hydrogen-bond donors (Lipinski definition) is 1. The van der Waals surface area contributed by atoms with Gasteiger partial charge in [-0.1, -0.05) is 44.2 Å². The van der Waals surface area contributed by atoms with E-state index >= 15 is 0 Å². The Bertz CT molecular complexity index is 815. The van der Waals surface area contributed by atoms with Gasteiger partial charge in [-0.2, -0.15) is 0 Å². The molecule has 4 heteroatoms. The standard InChI is InChI=1S/C23H28N2O2/c1-5-16-25-22(26)20-10-8-9-11-21(20)24-23(25,7-3)18-12-14-19(15-13-18)27-17(4)6-2/h5,8-15,17,24H,1,6-7,16H2,2-4H3. The van der Waals surface area contributed by atoms with E-state index in [4.69, 9.17) is 4.74 Å². The molecule has 2 aromatic rings. The van der Waals surface area contributed by atoms with Crippen molar-refractivity contribution in [2.24, 2.45) is 0 Å². The van der Waals surface area contributed by atoms with Crippen LogP contribution in [-0.2, 0) is 5.66 Å². The number of nitrogens with one attached hydrogen (secondary N) is 1. The minimum atomic E-state index is -0.617. The van der Waals surface area contributed by atoms with E-state index in [1.165, 1.54) is 0 Å². The molecule has 1 amide bonds. The summed E-state index contributed by atoms with van der Waals surface area (Å²) >= 11 is 0. The van der Waals surface area contributed by atoms with E-state index in [0.29, 0.717) is 12.1 Å². The van der Waals surface area contributed by atoms with Crippen LogP contribution in [0.15, 0.2) is 61.2 Å². The Hall–Kier alpha value is -2.75. The van der Waals surface area contributed by atoms with Gasteiger partial charge in [-0.25, -0.2) is 0 Å². The summed E-state index contributed by atoms with van der Waals surface area (Å²) in [5, 5.41) is 3.63. The fourth-order valence-corrected chi connectivity index (χ4v) is 3.59. The van der Waals surface area contributed by atoms with Crippen LogP contribution in [0, 0.1) is 0 Å². The first-order chi connectivity index (χ1) is 13.1. The van der Waals surface area contributed by atoms with E-state index < -0.39 is 5.66 Å². The van der Waals surface area contributed by atoms with Crippen LogP contribution >= 0.6 is 0 Å². The molecule has 0 spiro atoms. The first-order valence-electron chi connectivity index (χ1n) is 9.63. The van der Waals surface area contributed by atoms with Crippen molar-refractivity contribution in [3.63, 3.8) is 0 Å². The van der Waals surface area contributed by atoms with E-state index in [9.17, 15) is 4.79 Å². The SMILES string of the molecule is C=CCN1C(=O)c2ccccc2NC1(CC)c1ccc(OC(C)CC)cc1. The van der Waals surface area contributed by atoms with Gasteiger partial charge in [0.2, 0.25) is 0 Å². The highest BCUT2D eigenvalue weighted by atomic mass is 16.5. The van der Waals surface area contributed by atoms with Crippen LogP contribution in [-0.4, -0.2) is 23.5 Å². The molecule has 2 aromatic carbocycles. The summed E-state index contributed by atoms with van der Waals surface area (Å²) in [6.07, 6.45) is 3.64. The second-order valence-electron chi connectivity index (χ2n) is 6.95. The first-order valence-corrected chi connectivity index (χ1v) is 9.63. The Labute approximate surface area is 161 Å². The molecule has 1 aliphatic heterocycles. The summed E-state index contributed by atoms with van der Waals surface area (Å²) in [5.41, 5.74) is 1.98. The highest BCUT2D eigenvalue weighted by Gasteiger charge is 2.44. The van der Waals surface area contributed by atoms with Crippen LogP contribution in [0.4, 0.5) is 5.69 Å². The highest BCUT2D eigenvalue weighted by molar-refractivity contribution is 6.02. The third-order valence-electron chi connectivity index (χ3n) is 5.27. The van der Waals surface area contributed by atoms with Gasteiger partial charge in [0.05, 0.1) is 11.7 Å². The summed E-state index contributed by atoms with van der Waals surface area (Å²) < 4.78 is 5.91. The monoisotopic (exact) mass is 364 g/mol. The lowest BCUT2D eigenvalue weighted by atomic mass is 9.89. The largest absolute Gasteiger partial charge is 0.491 e. The average Bonchev–Trinajstić information content (AvgIpc) is 2.70. The maximum atomic E-state index is 13.2. The summed E-state index contributed by atoms with van der Waals surface area (Å²) in [6, 6.07) is 15.7. The normalized spacial score (nSPS) is 19.8. The van der Waals surface area contributed by atoms with E-state index in [0.717, 1.165) is 29.8 Å². The van der Waals surface area contributed by atoms with E-state index in [-0.39, 0.29) is 12.0 Å². The number of fused-ring (bicyclic) bond motifs is 1. The molecule has 1 heterocycles. The van der Waals surface area contributed by atoms with Gasteiger partial charge in [-0.15, -0.1) is 6.58 Å². The van der Waals surface area contributed by atoms with Crippen LogP contribution in [0.25, 0.3) is 0 Å². The second kappa shape index (κ2) is 7.87. The van der Waals surface area contributed by atoms with Gasteiger partial charge in [-0.05, 0) is 49.6 Å². The molecule has 1 N–H and O–H groups in total. The van der Waals surface area contributed by atoms with Crippen molar-refractivity contribution in [1.82, 2.24) is 4.90 Å². The Morgan fingerprint density at radius 1 is 1.19 bits per heavy atom. The van der Waals surface area contributed by atoms with Gasteiger partial charge in [0.25, 0.3) is 5.91 Å². The minimum absolute atomic E-state index is 0.0195. The second-order valence-corrected chi connectivity index (χ2v) is 6.95. The molecule has 2 unspecified atom stereocenters. The lowest BCUT2D eigenvalue weighted by molar-refractivity contribution is 0.0524. The molecule has 142 valence electrons. The van der Waals surface area contributed by atoms with Crippen molar-refractivity contribution >= 4 is 11.6 Å². The van der Waals surface area contributed by atoms with Crippen molar-refractivity contribution < 1.29 is 9.53 Å². The summed E-state index contributed by atoms with van der Waals surface area (Å²) in [5.74, 6) is 0.864. The number of benzene rings is 2. The summed E-state index contributed by atoms with van der Waals surface area (Å²) in [7, 11) is 0. The molecule has 27 heavy (non-hydrogen) atoms. The first kappa shape index (κ1) is 19.0. The van der Waals surface area contributed by atoms with Gasteiger partial charge < -0.3 is 15.0 Å². The van der Waals surface area contributed by atoms with Crippen LogP contribution in [0.5, 0.6) is 5.75 Å². The molecule has 0 fully saturated rings. The fraction of sp³-hybridized carbons (Fsp3) is 0.348. The van der Waals surface area contributed by atoms with Crippen LogP contribution in [0.3, 0.4) is 0 Å². The average molecular weight is 364 g/mol. The minimum Gasteiger partial charge on any atom is -0.491 e. The van der Waals surface area contributed by atoms with E-state index in [2.05, 4.69) is 32.7 Å². The molecule has 0 aliphatic carbocycles. The van der Waals surface area contributed by atoms with Crippen molar-refractivity contribution in [1.29, 1.82) is 0 Å². The molecule has 0 radical (unpaired) electrons. The molecular formula is C23H28N2O2. The number of nitrogens with zero attached hydrogens (tertiary/aromatic N) is 1. The number of hydrogen-bond acceptors (Lipinski definition) is 3. The van der Waals surface area contributed by atoms with Gasteiger partial charge in [0.1, 0.15) is 11.4 Å². The maximum absolute atomic E-state index is 13.2. The zero-order valence-electron chi connectivity index (χ0n) is 16.4. The van der Waals surface area contributed by atoms with Gasteiger partial charge >= 0.3 is 0 Å². The smallest absolute Gasteiger partial charge is 0.258 e. The third kappa shape index (κ3) is 3.44. The van der Waals surface area contributed by atoms with Crippen molar-refractivity contribution in [2.75, 3.05) is 11.9 Å². The third-order valence-corrected chi connectivity index (χ3v) is 5.27. The molecule has 3 rings (SSSR count). The predicted molar refractivity (Wildman–Crippen MR) is 110 cm³/mol. The molecule has 4 nitrogen and oxygen atoms in total. The fourth-order valence-electron chi connectivity index (χ4n) is 3.59. The van der Waals surface area contributed by atoms with Crippen molar-refractivity contribution in [3.05, 3.63) is 72.3 Å². The molecule has 0 saturated heterocycles. The topological polar surface area (TPSA) is 41.6 Å². The van der Waals surface area contributed by atoms with Crippen LogP contribution < -0.4 is 10.1 Å². The van der Waals surface area contributed by atoms with Crippen molar-refractivity contribution in [3.8, 4) is 5.75 Å². The number of carbonyl (C=O) groups excluding carboxylic acids is 1. The lowest BCUT2D eigenvalue weighted by Gasteiger charge is -2.48. The number of anilines is 1. The molecule has 0 aromatic heterocycles. The zero-order valence-corrected chi connectivity index (χ0v) is 16.4. The molecule has 1 aliphatic rings. The summed E-state index contributed by atoms with van der Waals surface area (Å²) in [6.45, 7) is 10.6. The molecular weight excluding hydrogens is 336 g/mol. The number of carbonyl (C=O) groups is 1.